The van der Waals surface area contributed by atoms with E-state index in [1.54, 1.807) is 5.56 Å². The third-order valence-corrected chi connectivity index (χ3v) is 13.2. The van der Waals surface area contributed by atoms with Crippen LogP contribution in [-0.2, 0) is 23.7 Å². The number of fused-ring (bicyclic) bond motifs is 9. The van der Waals surface area contributed by atoms with Gasteiger partial charge in [0.1, 0.15) is 0 Å². The fourth-order valence-corrected chi connectivity index (χ4v) is 10.3. The number of hydrogen-bond donors (Lipinski definition) is 0. The second kappa shape index (κ2) is 12.4. The van der Waals surface area contributed by atoms with Crippen molar-refractivity contribution in [1.29, 1.82) is 0 Å². The predicted molar refractivity (Wildman–Crippen MR) is 245 cm³/mol. The molecule has 3 heteroatoms. The lowest BCUT2D eigenvalue weighted by Crippen LogP contribution is -2.57. The van der Waals surface area contributed by atoms with Gasteiger partial charge in [-0.1, -0.05) is 133 Å². The second-order valence-electron chi connectivity index (χ2n) is 18.8. The molecule has 0 fully saturated rings. The molecule has 0 atom stereocenters. The standard InChI is InChI=1S/C54H49BN2/c1-53(2,3)39-24-28-47-43(31-39)44-32-40(54(4,5)6)33-45-50-42-20-14-13-19-38(42)30-49-51(50)55(57(47)52(44)45)46-29-37(35-17-11-8-12-18-35)23-27-48(46)56(49)41-25-21-36(22-26-41)34-15-9-7-10-16-34/h7-12,15-18,21-33H,13-14,19-20H2,1-6H3. The van der Waals surface area contributed by atoms with Crippen molar-refractivity contribution in [3.8, 4) is 33.4 Å². The van der Waals surface area contributed by atoms with Gasteiger partial charge in [-0.25, -0.2) is 0 Å². The van der Waals surface area contributed by atoms with Gasteiger partial charge in [0.15, 0.2) is 0 Å². The topological polar surface area (TPSA) is 8.17 Å². The van der Waals surface area contributed by atoms with Crippen molar-refractivity contribution < 1.29 is 0 Å². The van der Waals surface area contributed by atoms with E-state index in [1.165, 1.54) is 113 Å². The summed E-state index contributed by atoms with van der Waals surface area (Å²) >= 11 is 0. The molecule has 57 heavy (non-hydrogen) atoms. The maximum absolute atomic E-state index is 2.75. The van der Waals surface area contributed by atoms with E-state index in [1.807, 2.05) is 0 Å². The number of nitrogens with zero attached hydrogens (tertiary/aromatic N) is 2. The SMILES string of the molecule is CC(C)(C)c1ccc2c(c1)c1cc(C(C)(C)C)cc3c1n2B1c2cc(-c4ccccc4)ccc2N(c2ccc(-c4ccccc4)cc2)c2cc4c(c-3c21)CCCC4. The first kappa shape index (κ1) is 34.5. The van der Waals surface area contributed by atoms with Gasteiger partial charge in [0.2, 0.25) is 0 Å². The van der Waals surface area contributed by atoms with Crippen molar-refractivity contribution in [2.24, 2.45) is 0 Å². The molecule has 0 saturated heterocycles. The molecule has 8 aromatic rings. The molecular formula is C54H49BN2. The molecule has 0 amide bonds. The van der Waals surface area contributed by atoms with Crippen molar-refractivity contribution in [3.63, 3.8) is 0 Å². The van der Waals surface area contributed by atoms with Gasteiger partial charge in [-0.2, -0.15) is 0 Å². The Bertz CT molecular complexity index is 2900. The van der Waals surface area contributed by atoms with E-state index in [9.17, 15) is 0 Å². The van der Waals surface area contributed by atoms with Crippen LogP contribution in [0.4, 0.5) is 17.1 Å². The van der Waals surface area contributed by atoms with Crippen LogP contribution in [0.2, 0.25) is 0 Å². The van der Waals surface area contributed by atoms with Crippen LogP contribution in [0.5, 0.6) is 0 Å². The van der Waals surface area contributed by atoms with Crippen LogP contribution < -0.4 is 15.8 Å². The Balaban J connectivity index is 1.28. The van der Waals surface area contributed by atoms with Crippen LogP contribution in [0, 0.1) is 0 Å². The van der Waals surface area contributed by atoms with E-state index in [4.69, 9.17) is 0 Å². The van der Waals surface area contributed by atoms with Gasteiger partial charge < -0.3 is 9.38 Å². The normalized spacial score (nSPS) is 14.5. The van der Waals surface area contributed by atoms with Gasteiger partial charge in [0.05, 0.1) is 0 Å². The van der Waals surface area contributed by atoms with Gasteiger partial charge in [0.25, 0.3) is 0 Å². The monoisotopic (exact) mass is 736 g/mol. The summed E-state index contributed by atoms with van der Waals surface area (Å²) in [5, 5.41) is 2.76. The highest BCUT2D eigenvalue weighted by Crippen LogP contribution is 2.50. The van der Waals surface area contributed by atoms with Crippen LogP contribution in [0.15, 0.2) is 140 Å². The third-order valence-electron chi connectivity index (χ3n) is 13.2. The fourth-order valence-electron chi connectivity index (χ4n) is 10.3. The van der Waals surface area contributed by atoms with Crippen molar-refractivity contribution in [1.82, 2.24) is 4.48 Å². The zero-order chi connectivity index (χ0) is 38.8. The molecule has 278 valence electrons. The molecular weight excluding hydrogens is 687 g/mol. The minimum atomic E-state index is -0.00375. The molecule has 2 aliphatic heterocycles. The van der Waals surface area contributed by atoms with Crippen molar-refractivity contribution >= 4 is 56.6 Å². The lowest BCUT2D eigenvalue weighted by Gasteiger charge is -2.42. The van der Waals surface area contributed by atoms with Gasteiger partial charge >= 0.3 is 6.85 Å². The number of rotatable bonds is 3. The molecule has 0 spiro atoms. The minimum absolute atomic E-state index is 0.00375. The van der Waals surface area contributed by atoms with Crippen LogP contribution in [-0.4, -0.2) is 11.3 Å². The summed E-state index contributed by atoms with van der Waals surface area (Å²) in [7, 11) is 0. The number of aromatic nitrogens is 1. The molecule has 7 aromatic carbocycles. The van der Waals surface area contributed by atoms with E-state index in [0.29, 0.717) is 0 Å². The zero-order valence-electron chi connectivity index (χ0n) is 34.1. The molecule has 0 radical (unpaired) electrons. The summed E-state index contributed by atoms with van der Waals surface area (Å²) in [6.07, 6.45) is 4.73. The second-order valence-corrected chi connectivity index (χ2v) is 18.8. The van der Waals surface area contributed by atoms with E-state index in [2.05, 4.69) is 190 Å². The first-order valence-corrected chi connectivity index (χ1v) is 21.0. The Kier molecular flexibility index (Phi) is 7.47. The molecule has 1 aliphatic carbocycles. The molecule has 2 nitrogen and oxygen atoms in total. The molecule has 0 saturated carbocycles. The summed E-state index contributed by atoms with van der Waals surface area (Å²) in [4.78, 5) is 2.60. The van der Waals surface area contributed by atoms with Crippen LogP contribution >= 0.6 is 0 Å². The number of hydrogen-bond acceptors (Lipinski definition) is 1. The number of anilines is 3. The zero-order valence-corrected chi connectivity index (χ0v) is 34.1. The highest BCUT2D eigenvalue weighted by atomic mass is 15.2. The molecule has 0 bridgehead atoms. The quantitative estimate of drug-likeness (QED) is 0.164. The molecule has 11 rings (SSSR count). The first-order chi connectivity index (χ1) is 27.5. The Morgan fingerprint density at radius 2 is 1.16 bits per heavy atom. The largest absolute Gasteiger partial charge is 0.375 e. The number of benzene rings is 7. The van der Waals surface area contributed by atoms with Gasteiger partial charge in [-0.05, 0) is 146 Å². The van der Waals surface area contributed by atoms with Gasteiger partial charge in [0, 0.05) is 44.4 Å². The van der Waals surface area contributed by atoms with E-state index in [0.717, 1.165) is 12.8 Å². The summed E-state index contributed by atoms with van der Waals surface area (Å²) in [6, 6.07) is 53.3. The third kappa shape index (κ3) is 5.24. The Hall–Kier alpha value is -5.80. The lowest BCUT2D eigenvalue weighted by molar-refractivity contribution is 0.590. The van der Waals surface area contributed by atoms with Gasteiger partial charge in [-0.3, -0.25) is 0 Å². The molecule has 3 aliphatic rings. The highest BCUT2D eigenvalue weighted by Gasteiger charge is 2.45. The number of aryl methyl sites for hydroxylation is 1. The highest BCUT2D eigenvalue weighted by molar-refractivity contribution is 6.90. The maximum Gasteiger partial charge on any atom is 0.333 e. The Morgan fingerprint density at radius 1 is 0.526 bits per heavy atom. The maximum atomic E-state index is 2.75. The summed E-state index contributed by atoms with van der Waals surface area (Å²) < 4.78 is 2.75. The van der Waals surface area contributed by atoms with Crippen LogP contribution in [0.1, 0.15) is 76.6 Å². The lowest BCUT2D eigenvalue weighted by atomic mass is 9.44. The average Bonchev–Trinajstić information content (AvgIpc) is 3.55. The summed E-state index contributed by atoms with van der Waals surface area (Å²) in [5.41, 5.74) is 23.1. The smallest absolute Gasteiger partial charge is 0.333 e. The van der Waals surface area contributed by atoms with Crippen molar-refractivity contribution in [2.45, 2.75) is 78.1 Å². The predicted octanol–water partition coefficient (Wildman–Crippen LogP) is 13.0. The fraction of sp³-hybridized carbons (Fsp3) is 0.222. The first-order valence-electron chi connectivity index (χ1n) is 21.0. The van der Waals surface area contributed by atoms with Crippen LogP contribution in [0.3, 0.4) is 0 Å². The summed E-state index contributed by atoms with van der Waals surface area (Å²) in [6.45, 7) is 14.2. The Labute approximate surface area is 337 Å². The van der Waals surface area contributed by atoms with Crippen LogP contribution in [0.25, 0.3) is 55.2 Å². The molecule has 3 heterocycles. The molecule has 1 aromatic heterocycles. The van der Waals surface area contributed by atoms with E-state index >= 15 is 0 Å². The van der Waals surface area contributed by atoms with E-state index < -0.39 is 0 Å². The molecule has 0 unspecified atom stereocenters. The van der Waals surface area contributed by atoms with Gasteiger partial charge in [-0.15, -0.1) is 0 Å². The molecule has 0 N–H and O–H groups in total. The average molecular weight is 737 g/mol. The Morgan fingerprint density at radius 3 is 1.86 bits per heavy atom. The van der Waals surface area contributed by atoms with E-state index in [-0.39, 0.29) is 17.7 Å². The minimum Gasteiger partial charge on any atom is -0.375 e. The van der Waals surface area contributed by atoms with Crippen molar-refractivity contribution in [3.05, 3.63) is 162 Å². The summed E-state index contributed by atoms with van der Waals surface area (Å²) in [5.74, 6) is 0. The van der Waals surface area contributed by atoms with Crippen molar-refractivity contribution in [2.75, 3.05) is 4.90 Å².